The fourth-order valence-electron chi connectivity index (χ4n) is 1.20. The summed E-state index contributed by atoms with van der Waals surface area (Å²) in [5.74, 6) is 0. The third-order valence-corrected chi connectivity index (χ3v) is 4.84. The molecule has 0 N–H and O–H groups in total. The summed E-state index contributed by atoms with van der Waals surface area (Å²) in [6, 6.07) is 6.08. The van der Waals surface area contributed by atoms with Gasteiger partial charge in [0.15, 0.2) is 0 Å². The molecule has 1 rings (SSSR count). The third kappa shape index (κ3) is 3.46. The summed E-state index contributed by atoms with van der Waals surface area (Å²) in [6.07, 6.45) is 3.98. The van der Waals surface area contributed by atoms with Crippen LogP contribution in [0.1, 0.15) is 12.1 Å². The fourth-order valence-corrected chi connectivity index (χ4v) is 2.07. The van der Waals surface area contributed by atoms with Gasteiger partial charge in [-0.1, -0.05) is 30.9 Å². The minimum absolute atomic E-state index is 1.03. The zero-order valence-corrected chi connectivity index (χ0v) is 10.4. The maximum absolute atomic E-state index is 4.31. The van der Waals surface area contributed by atoms with Crippen LogP contribution in [-0.4, -0.2) is 13.1 Å². The van der Waals surface area contributed by atoms with E-state index in [0.29, 0.717) is 0 Å². The van der Waals surface area contributed by atoms with Gasteiger partial charge in [-0.15, -0.1) is 6.58 Å². The van der Waals surface area contributed by atoms with Gasteiger partial charge in [0.25, 0.3) is 0 Å². The van der Waals surface area contributed by atoms with Crippen LogP contribution in [0.4, 0.5) is 0 Å². The first-order chi connectivity index (χ1) is 6.50. The van der Waals surface area contributed by atoms with Crippen molar-refractivity contribution < 1.29 is 0 Å². The number of nitrogens with zero attached hydrogens (tertiary/aromatic N) is 1. The maximum Gasteiger partial charge on any atom is 0.0716 e. The van der Waals surface area contributed by atoms with E-state index in [9.17, 15) is 0 Å². The predicted molar refractivity (Wildman–Crippen MR) is 65.0 cm³/mol. The van der Waals surface area contributed by atoms with E-state index in [1.54, 1.807) is 0 Å². The largest absolute Gasteiger partial charge is 0.261 e. The van der Waals surface area contributed by atoms with Crippen molar-refractivity contribution in [2.75, 3.05) is 0 Å². The monoisotopic (exact) mass is 205 g/mol. The minimum Gasteiger partial charge on any atom is -0.261 e. The summed E-state index contributed by atoms with van der Waals surface area (Å²) in [4.78, 5) is 4.31. The van der Waals surface area contributed by atoms with Gasteiger partial charge in [0.05, 0.1) is 8.07 Å². The van der Waals surface area contributed by atoms with E-state index in [0.717, 1.165) is 12.8 Å². The Kier molecular flexibility index (Phi) is 3.64. The second-order valence-electron chi connectivity index (χ2n) is 4.67. The number of rotatable bonds is 4. The first-order valence-electron chi connectivity index (χ1n) is 5.08. The summed E-state index contributed by atoms with van der Waals surface area (Å²) in [7, 11) is -1.14. The highest BCUT2D eigenvalue weighted by Gasteiger charge is 2.16. The smallest absolute Gasteiger partial charge is 0.0716 e. The van der Waals surface area contributed by atoms with Gasteiger partial charge < -0.3 is 0 Å². The van der Waals surface area contributed by atoms with Crippen LogP contribution < -0.4 is 0 Å². The van der Waals surface area contributed by atoms with E-state index in [2.05, 4.69) is 37.3 Å². The molecule has 0 aliphatic carbocycles. The SMILES string of the molecule is C=C(CCc1ccccn1)[Si](C)(C)C. The maximum atomic E-state index is 4.31. The Hall–Kier alpha value is -0.893. The van der Waals surface area contributed by atoms with Crippen LogP contribution in [0.25, 0.3) is 0 Å². The molecule has 0 atom stereocenters. The van der Waals surface area contributed by atoms with Gasteiger partial charge in [-0.2, -0.15) is 0 Å². The zero-order chi connectivity index (χ0) is 10.6. The summed E-state index contributed by atoms with van der Waals surface area (Å²) in [5, 5.41) is 1.43. The number of hydrogen-bond acceptors (Lipinski definition) is 1. The van der Waals surface area contributed by atoms with E-state index in [-0.39, 0.29) is 0 Å². The molecule has 76 valence electrons. The van der Waals surface area contributed by atoms with Gasteiger partial charge in [-0.3, -0.25) is 4.98 Å². The van der Waals surface area contributed by atoms with Crippen molar-refractivity contribution in [2.24, 2.45) is 0 Å². The quantitative estimate of drug-likeness (QED) is 0.686. The standard InChI is InChI=1S/C12H19NSi/c1-11(14(2,3)4)8-9-12-7-5-6-10-13-12/h5-7,10H,1,8-9H2,2-4H3. The lowest BCUT2D eigenvalue weighted by molar-refractivity contribution is 0.928. The van der Waals surface area contributed by atoms with Crippen molar-refractivity contribution in [1.29, 1.82) is 0 Å². The Bertz CT molecular complexity index is 298. The highest BCUT2D eigenvalue weighted by molar-refractivity contribution is 6.82. The average molecular weight is 205 g/mol. The molecule has 1 aromatic rings. The number of allylic oxidation sites excluding steroid dienone is 1. The van der Waals surface area contributed by atoms with Gasteiger partial charge in [-0.05, 0) is 25.0 Å². The number of pyridine rings is 1. The normalized spacial score (nSPS) is 11.4. The van der Waals surface area contributed by atoms with Gasteiger partial charge in [0.2, 0.25) is 0 Å². The molecular formula is C12H19NSi. The Morgan fingerprint density at radius 3 is 2.57 bits per heavy atom. The summed E-state index contributed by atoms with van der Waals surface area (Å²) < 4.78 is 0. The molecule has 1 aromatic heterocycles. The van der Waals surface area contributed by atoms with Crippen LogP contribution in [-0.2, 0) is 6.42 Å². The molecular weight excluding hydrogens is 186 g/mol. The fraction of sp³-hybridized carbons (Fsp3) is 0.417. The lowest BCUT2D eigenvalue weighted by atomic mass is 10.2. The highest BCUT2D eigenvalue weighted by Crippen LogP contribution is 2.17. The van der Waals surface area contributed by atoms with Gasteiger partial charge in [0, 0.05) is 11.9 Å². The lowest BCUT2D eigenvalue weighted by Crippen LogP contribution is -2.23. The van der Waals surface area contributed by atoms with Crippen molar-refractivity contribution in [3.63, 3.8) is 0 Å². The first-order valence-corrected chi connectivity index (χ1v) is 8.58. The Balaban J connectivity index is 2.46. The number of aryl methyl sites for hydroxylation is 1. The average Bonchev–Trinajstić information content (AvgIpc) is 2.14. The van der Waals surface area contributed by atoms with Gasteiger partial charge >= 0.3 is 0 Å². The van der Waals surface area contributed by atoms with Crippen LogP contribution in [0.3, 0.4) is 0 Å². The Morgan fingerprint density at radius 2 is 2.07 bits per heavy atom. The Morgan fingerprint density at radius 1 is 1.36 bits per heavy atom. The van der Waals surface area contributed by atoms with Crippen LogP contribution >= 0.6 is 0 Å². The van der Waals surface area contributed by atoms with E-state index >= 15 is 0 Å². The molecule has 0 aromatic carbocycles. The molecule has 2 heteroatoms. The van der Waals surface area contributed by atoms with E-state index in [4.69, 9.17) is 0 Å². The van der Waals surface area contributed by atoms with Crippen molar-refractivity contribution in [3.8, 4) is 0 Å². The predicted octanol–water partition coefficient (Wildman–Crippen LogP) is 3.45. The molecule has 0 saturated heterocycles. The van der Waals surface area contributed by atoms with E-state index in [1.807, 2.05) is 18.3 Å². The number of hydrogen-bond donors (Lipinski definition) is 0. The second kappa shape index (κ2) is 4.56. The molecule has 14 heavy (non-hydrogen) atoms. The topological polar surface area (TPSA) is 12.9 Å². The van der Waals surface area contributed by atoms with Crippen molar-refractivity contribution in [3.05, 3.63) is 41.9 Å². The van der Waals surface area contributed by atoms with Crippen molar-refractivity contribution in [1.82, 2.24) is 4.98 Å². The molecule has 0 saturated carbocycles. The number of aromatic nitrogens is 1. The minimum atomic E-state index is -1.14. The van der Waals surface area contributed by atoms with Crippen molar-refractivity contribution >= 4 is 8.07 Å². The molecule has 0 radical (unpaired) electrons. The molecule has 0 aliphatic rings. The molecule has 0 unspecified atom stereocenters. The molecule has 1 heterocycles. The van der Waals surface area contributed by atoms with Crippen LogP contribution in [0, 0.1) is 0 Å². The first kappa shape index (κ1) is 11.2. The zero-order valence-electron chi connectivity index (χ0n) is 9.38. The third-order valence-electron chi connectivity index (χ3n) is 2.47. The molecule has 0 fully saturated rings. The molecule has 0 amide bonds. The van der Waals surface area contributed by atoms with Crippen molar-refractivity contribution in [2.45, 2.75) is 32.5 Å². The van der Waals surface area contributed by atoms with E-state index < -0.39 is 8.07 Å². The highest BCUT2D eigenvalue weighted by atomic mass is 28.3. The molecule has 0 aliphatic heterocycles. The van der Waals surface area contributed by atoms with E-state index in [1.165, 1.54) is 10.9 Å². The van der Waals surface area contributed by atoms with Crippen LogP contribution in [0.2, 0.25) is 19.6 Å². The van der Waals surface area contributed by atoms with Crippen LogP contribution in [0.15, 0.2) is 36.2 Å². The van der Waals surface area contributed by atoms with Gasteiger partial charge in [-0.25, -0.2) is 0 Å². The summed E-state index contributed by atoms with van der Waals surface area (Å²) in [5.41, 5.74) is 1.17. The second-order valence-corrected chi connectivity index (χ2v) is 9.88. The molecule has 0 bridgehead atoms. The lowest BCUT2D eigenvalue weighted by Gasteiger charge is -2.19. The Labute approximate surface area is 87.9 Å². The molecule has 0 spiro atoms. The van der Waals surface area contributed by atoms with Crippen LogP contribution in [0.5, 0.6) is 0 Å². The van der Waals surface area contributed by atoms with Gasteiger partial charge in [0.1, 0.15) is 0 Å². The summed E-state index contributed by atoms with van der Waals surface area (Å²) >= 11 is 0. The summed E-state index contributed by atoms with van der Waals surface area (Å²) in [6.45, 7) is 11.2. The molecule has 1 nitrogen and oxygen atoms in total.